The van der Waals surface area contributed by atoms with E-state index in [1.807, 2.05) is 6.92 Å². The topological polar surface area (TPSA) is 58.5 Å². The van der Waals surface area contributed by atoms with E-state index in [-0.39, 0.29) is 0 Å². The number of nitrogens with zero attached hydrogens (tertiary/aromatic N) is 2. The lowest BCUT2D eigenvalue weighted by Gasteiger charge is -2.12. The Bertz CT molecular complexity index is 690. The number of nitrogens with one attached hydrogen (secondary N) is 2. The van der Waals surface area contributed by atoms with E-state index in [9.17, 15) is 0 Å². The summed E-state index contributed by atoms with van der Waals surface area (Å²) in [6, 6.07) is 6.22. The summed E-state index contributed by atoms with van der Waals surface area (Å²) in [5.74, 6) is 1.70. The van der Waals surface area contributed by atoms with Gasteiger partial charge >= 0.3 is 0 Å². The summed E-state index contributed by atoms with van der Waals surface area (Å²) >= 11 is 1.76. The highest BCUT2D eigenvalue weighted by molar-refractivity contribution is 7.11. The number of ether oxygens (including phenoxy) is 1. The van der Waals surface area contributed by atoms with Crippen molar-refractivity contribution >= 4 is 17.3 Å². The monoisotopic (exact) mass is 346 g/mol. The number of aromatic nitrogens is 1. The number of methoxy groups -OCH3 is 1. The Labute approximate surface area is 148 Å². The van der Waals surface area contributed by atoms with Crippen LogP contribution in [0.1, 0.15) is 26.7 Å². The summed E-state index contributed by atoms with van der Waals surface area (Å²) < 4.78 is 5.36. The number of benzene rings is 1. The van der Waals surface area contributed by atoms with Gasteiger partial charge in [-0.05, 0) is 38.0 Å². The van der Waals surface area contributed by atoms with Crippen molar-refractivity contribution in [3.63, 3.8) is 0 Å². The van der Waals surface area contributed by atoms with Gasteiger partial charge in [0, 0.05) is 31.4 Å². The van der Waals surface area contributed by atoms with Crippen LogP contribution in [0, 0.1) is 20.8 Å². The molecule has 0 aliphatic carbocycles. The number of guanidine groups is 1. The van der Waals surface area contributed by atoms with Crippen LogP contribution < -0.4 is 15.4 Å². The molecule has 0 unspecified atom stereocenters. The lowest BCUT2D eigenvalue weighted by molar-refractivity contribution is 0.411. The number of thiazole rings is 1. The van der Waals surface area contributed by atoms with Crippen LogP contribution in [0.4, 0.5) is 0 Å². The molecule has 0 radical (unpaired) electrons. The van der Waals surface area contributed by atoms with Crippen LogP contribution in [0.2, 0.25) is 0 Å². The molecule has 1 aromatic heterocycles. The van der Waals surface area contributed by atoms with E-state index in [1.54, 1.807) is 25.5 Å². The predicted molar refractivity (Wildman–Crippen MR) is 101 cm³/mol. The minimum absolute atomic E-state index is 0.700. The summed E-state index contributed by atoms with van der Waals surface area (Å²) in [4.78, 5) is 10.1. The standard InChI is InChI=1S/C18H26N4OS/c1-12-6-7-15(10-16(12)23-5)11-21-18(19-4)20-9-8-17-22-13(2)14(3)24-17/h6-7,10H,8-9,11H2,1-5H3,(H2,19,20,21). The maximum absolute atomic E-state index is 5.36. The van der Waals surface area contributed by atoms with E-state index < -0.39 is 0 Å². The van der Waals surface area contributed by atoms with E-state index in [0.29, 0.717) is 6.54 Å². The average Bonchev–Trinajstić information content (AvgIpc) is 2.90. The van der Waals surface area contributed by atoms with Gasteiger partial charge in [0.15, 0.2) is 5.96 Å². The average molecular weight is 347 g/mol. The van der Waals surface area contributed by atoms with E-state index >= 15 is 0 Å². The maximum Gasteiger partial charge on any atom is 0.191 e. The quantitative estimate of drug-likeness (QED) is 0.624. The summed E-state index contributed by atoms with van der Waals surface area (Å²) in [6.45, 7) is 7.72. The fourth-order valence-corrected chi connectivity index (χ4v) is 3.25. The SMILES string of the molecule is CN=C(NCCc1nc(C)c(C)s1)NCc1ccc(C)c(OC)c1. The van der Waals surface area contributed by atoms with Gasteiger partial charge in [-0.1, -0.05) is 12.1 Å². The second-order valence-electron chi connectivity index (χ2n) is 5.66. The maximum atomic E-state index is 5.36. The van der Waals surface area contributed by atoms with Gasteiger partial charge in [0.25, 0.3) is 0 Å². The fourth-order valence-electron chi connectivity index (χ4n) is 2.31. The van der Waals surface area contributed by atoms with Crippen molar-refractivity contribution in [1.82, 2.24) is 15.6 Å². The predicted octanol–water partition coefficient (Wildman–Crippen LogP) is 2.98. The third-order valence-corrected chi connectivity index (χ3v) is 4.99. The van der Waals surface area contributed by atoms with Gasteiger partial charge < -0.3 is 15.4 Å². The molecule has 0 aliphatic rings. The number of rotatable bonds is 6. The molecule has 24 heavy (non-hydrogen) atoms. The zero-order valence-corrected chi connectivity index (χ0v) is 15.9. The first-order valence-corrected chi connectivity index (χ1v) is 8.86. The highest BCUT2D eigenvalue weighted by Crippen LogP contribution is 2.19. The van der Waals surface area contributed by atoms with Crippen LogP contribution in [0.3, 0.4) is 0 Å². The van der Waals surface area contributed by atoms with Crippen LogP contribution in [0.15, 0.2) is 23.2 Å². The van der Waals surface area contributed by atoms with Crippen molar-refractivity contribution in [3.8, 4) is 5.75 Å². The Hall–Kier alpha value is -2.08. The molecule has 0 saturated heterocycles. The molecule has 0 saturated carbocycles. The highest BCUT2D eigenvalue weighted by Gasteiger charge is 2.05. The molecule has 0 amide bonds. The number of aryl methyl sites for hydroxylation is 3. The summed E-state index contributed by atoms with van der Waals surface area (Å²) in [5, 5.41) is 7.82. The molecular weight excluding hydrogens is 320 g/mol. The van der Waals surface area contributed by atoms with Crippen molar-refractivity contribution < 1.29 is 4.74 Å². The van der Waals surface area contributed by atoms with Crippen LogP contribution in [0.5, 0.6) is 5.75 Å². The summed E-state index contributed by atoms with van der Waals surface area (Å²) in [5.41, 5.74) is 3.43. The number of aliphatic imine (C=N–C) groups is 1. The summed E-state index contributed by atoms with van der Waals surface area (Å²) in [7, 11) is 3.48. The van der Waals surface area contributed by atoms with Crippen molar-refractivity contribution in [2.24, 2.45) is 4.99 Å². The van der Waals surface area contributed by atoms with Gasteiger partial charge in [-0.25, -0.2) is 4.98 Å². The van der Waals surface area contributed by atoms with Crippen molar-refractivity contribution in [3.05, 3.63) is 44.9 Å². The van der Waals surface area contributed by atoms with Gasteiger partial charge in [-0.3, -0.25) is 4.99 Å². The normalized spacial score (nSPS) is 11.5. The minimum Gasteiger partial charge on any atom is -0.496 e. The third-order valence-electron chi connectivity index (χ3n) is 3.86. The van der Waals surface area contributed by atoms with E-state index in [0.717, 1.165) is 46.5 Å². The lowest BCUT2D eigenvalue weighted by Crippen LogP contribution is -2.37. The molecule has 0 atom stereocenters. The molecule has 1 heterocycles. The molecule has 2 N–H and O–H groups in total. The van der Waals surface area contributed by atoms with Gasteiger partial charge in [0.05, 0.1) is 17.8 Å². The molecule has 2 aromatic rings. The first-order chi connectivity index (χ1) is 11.5. The Kier molecular flexibility index (Phi) is 6.61. The van der Waals surface area contributed by atoms with Gasteiger partial charge in [0.2, 0.25) is 0 Å². The lowest BCUT2D eigenvalue weighted by atomic mass is 10.1. The zero-order valence-electron chi connectivity index (χ0n) is 15.1. The van der Waals surface area contributed by atoms with Crippen LogP contribution in [-0.4, -0.2) is 31.6 Å². The van der Waals surface area contributed by atoms with Crippen molar-refractivity contribution in [2.75, 3.05) is 20.7 Å². The second-order valence-corrected chi connectivity index (χ2v) is 6.94. The highest BCUT2D eigenvalue weighted by atomic mass is 32.1. The molecule has 130 valence electrons. The first-order valence-electron chi connectivity index (χ1n) is 8.04. The molecule has 2 rings (SSSR count). The smallest absolute Gasteiger partial charge is 0.191 e. The third kappa shape index (κ3) is 4.96. The fraction of sp³-hybridized carbons (Fsp3) is 0.444. The number of hydrogen-bond donors (Lipinski definition) is 2. The summed E-state index contributed by atoms with van der Waals surface area (Å²) in [6.07, 6.45) is 0.901. The molecule has 0 aliphatic heterocycles. The molecule has 0 spiro atoms. The van der Waals surface area contributed by atoms with Gasteiger partial charge in [-0.15, -0.1) is 11.3 Å². The molecule has 0 fully saturated rings. The zero-order chi connectivity index (χ0) is 17.5. The van der Waals surface area contributed by atoms with Gasteiger partial charge in [0.1, 0.15) is 5.75 Å². The minimum atomic E-state index is 0.700. The van der Waals surface area contributed by atoms with E-state index in [1.165, 1.54) is 4.88 Å². The molecule has 1 aromatic carbocycles. The molecule has 6 heteroatoms. The van der Waals surface area contributed by atoms with E-state index in [4.69, 9.17) is 4.74 Å². The van der Waals surface area contributed by atoms with Crippen molar-refractivity contribution in [2.45, 2.75) is 33.7 Å². The van der Waals surface area contributed by atoms with Crippen LogP contribution in [-0.2, 0) is 13.0 Å². The largest absolute Gasteiger partial charge is 0.496 e. The molecular formula is C18H26N4OS. The van der Waals surface area contributed by atoms with E-state index in [2.05, 4.69) is 52.7 Å². The molecule has 0 bridgehead atoms. The van der Waals surface area contributed by atoms with Crippen molar-refractivity contribution in [1.29, 1.82) is 0 Å². The van der Waals surface area contributed by atoms with Crippen LogP contribution >= 0.6 is 11.3 Å². The Balaban J connectivity index is 1.82. The van der Waals surface area contributed by atoms with Crippen LogP contribution in [0.25, 0.3) is 0 Å². The second kappa shape index (κ2) is 8.68. The Morgan fingerprint density at radius 3 is 2.67 bits per heavy atom. The molecule has 5 nitrogen and oxygen atoms in total. The first kappa shape index (κ1) is 18.3. The number of hydrogen-bond acceptors (Lipinski definition) is 4. The Morgan fingerprint density at radius 2 is 2.04 bits per heavy atom. The van der Waals surface area contributed by atoms with Gasteiger partial charge in [-0.2, -0.15) is 0 Å². The Morgan fingerprint density at radius 1 is 1.25 bits per heavy atom.